The Bertz CT molecular complexity index is 970. The maximum atomic E-state index is 12.2. The van der Waals surface area contributed by atoms with Crippen LogP contribution in [0.4, 0.5) is 10.5 Å². The number of aryl methyl sites for hydroxylation is 1. The van der Waals surface area contributed by atoms with E-state index in [0.717, 1.165) is 26.4 Å². The molecule has 2 aromatic carbocycles. The Morgan fingerprint density at radius 3 is 2.71 bits per heavy atom. The number of carbonyl (C=O) groups excluding carboxylic acids is 1. The number of nitrogens with zero attached hydrogens (tertiary/aromatic N) is 1. The van der Waals surface area contributed by atoms with Gasteiger partial charge < -0.3 is 15.7 Å². The van der Waals surface area contributed by atoms with Crippen LogP contribution in [-0.4, -0.2) is 40.1 Å². The molecule has 3 rings (SSSR count). The number of thiazole rings is 1. The Morgan fingerprint density at radius 2 is 2.04 bits per heavy atom. The molecule has 1 atom stereocenters. The quantitative estimate of drug-likeness (QED) is 0.525. The first kappa shape index (κ1) is 20.2. The van der Waals surface area contributed by atoms with Crippen LogP contribution in [0.15, 0.2) is 42.5 Å². The van der Waals surface area contributed by atoms with Crippen molar-refractivity contribution < 1.29 is 14.7 Å². The van der Waals surface area contributed by atoms with Crippen LogP contribution in [0.3, 0.4) is 0 Å². The summed E-state index contributed by atoms with van der Waals surface area (Å²) in [5, 5.41) is 15.4. The fourth-order valence-electron chi connectivity index (χ4n) is 2.74. The van der Waals surface area contributed by atoms with Gasteiger partial charge in [-0.2, -0.15) is 11.8 Å². The van der Waals surface area contributed by atoms with Crippen molar-refractivity contribution in [3.8, 4) is 10.6 Å². The lowest BCUT2D eigenvalue weighted by Crippen LogP contribution is -2.43. The highest BCUT2D eigenvalue weighted by Gasteiger charge is 2.19. The molecule has 0 fully saturated rings. The number of anilines is 1. The lowest BCUT2D eigenvalue weighted by atomic mass is 10.1. The number of aliphatic carboxylic acids is 1. The minimum atomic E-state index is -1.04. The van der Waals surface area contributed by atoms with Crippen LogP contribution in [0.2, 0.25) is 0 Å². The number of aromatic nitrogens is 1. The van der Waals surface area contributed by atoms with Crippen LogP contribution >= 0.6 is 23.1 Å². The number of urea groups is 1. The molecule has 1 unspecified atom stereocenters. The van der Waals surface area contributed by atoms with Gasteiger partial charge in [0, 0.05) is 11.3 Å². The van der Waals surface area contributed by atoms with E-state index >= 15 is 0 Å². The molecule has 3 N–H and O–H groups in total. The van der Waals surface area contributed by atoms with Crippen molar-refractivity contribution in [3.05, 3.63) is 48.0 Å². The van der Waals surface area contributed by atoms with Crippen LogP contribution < -0.4 is 10.6 Å². The Balaban J connectivity index is 1.71. The summed E-state index contributed by atoms with van der Waals surface area (Å²) >= 11 is 3.16. The Hall–Kier alpha value is -2.58. The van der Waals surface area contributed by atoms with Gasteiger partial charge in [-0.1, -0.05) is 12.1 Å². The fourth-order valence-corrected chi connectivity index (χ4v) is 4.18. The molecular formula is C20H21N3O3S2. The van der Waals surface area contributed by atoms with Crippen LogP contribution in [0, 0.1) is 6.92 Å². The zero-order chi connectivity index (χ0) is 20.1. The summed E-state index contributed by atoms with van der Waals surface area (Å²) in [7, 11) is 0. The number of carbonyl (C=O) groups is 2. The average Bonchev–Trinajstić information content (AvgIpc) is 3.10. The molecule has 0 saturated carbocycles. The molecule has 0 spiro atoms. The zero-order valence-electron chi connectivity index (χ0n) is 15.6. The Labute approximate surface area is 171 Å². The van der Waals surface area contributed by atoms with Crippen molar-refractivity contribution in [1.82, 2.24) is 10.3 Å². The smallest absolute Gasteiger partial charge is 0.326 e. The maximum Gasteiger partial charge on any atom is 0.326 e. The first-order valence-electron chi connectivity index (χ1n) is 8.74. The van der Waals surface area contributed by atoms with Gasteiger partial charge in [0.05, 0.1) is 10.2 Å². The number of nitrogens with one attached hydrogen (secondary N) is 2. The molecule has 0 radical (unpaired) electrons. The topological polar surface area (TPSA) is 91.3 Å². The van der Waals surface area contributed by atoms with Gasteiger partial charge in [-0.15, -0.1) is 11.3 Å². The van der Waals surface area contributed by atoms with Gasteiger partial charge in [0.2, 0.25) is 0 Å². The van der Waals surface area contributed by atoms with Crippen LogP contribution in [0.25, 0.3) is 20.8 Å². The lowest BCUT2D eigenvalue weighted by molar-refractivity contribution is -0.139. The van der Waals surface area contributed by atoms with Crippen LogP contribution in [-0.2, 0) is 4.79 Å². The van der Waals surface area contributed by atoms with E-state index in [-0.39, 0.29) is 0 Å². The molecule has 6 nitrogen and oxygen atoms in total. The van der Waals surface area contributed by atoms with Gasteiger partial charge in [0.15, 0.2) is 0 Å². The van der Waals surface area contributed by atoms with E-state index in [1.54, 1.807) is 23.1 Å². The fraction of sp³-hybridized carbons (Fsp3) is 0.250. The molecule has 0 aliphatic carbocycles. The highest BCUT2D eigenvalue weighted by atomic mass is 32.2. The second kappa shape index (κ2) is 9.07. The molecule has 146 valence electrons. The number of fused-ring (bicyclic) bond motifs is 1. The number of hydrogen-bond acceptors (Lipinski definition) is 5. The van der Waals surface area contributed by atoms with E-state index in [1.165, 1.54) is 0 Å². The number of hydrogen-bond donors (Lipinski definition) is 3. The van der Waals surface area contributed by atoms with Crippen molar-refractivity contribution in [3.63, 3.8) is 0 Å². The largest absolute Gasteiger partial charge is 0.480 e. The predicted octanol–water partition coefficient (Wildman–Crippen LogP) is 4.60. The third kappa shape index (κ3) is 4.82. The van der Waals surface area contributed by atoms with Gasteiger partial charge in [-0.25, -0.2) is 14.6 Å². The Kier molecular flexibility index (Phi) is 6.53. The van der Waals surface area contributed by atoms with Crippen LogP contribution in [0.1, 0.15) is 12.0 Å². The second-order valence-corrected chi connectivity index (χ2v) is 8.30. The van der Waals surface area contributed by atoms with E-state index in [4.69, 9.17) is 0 Å². The van der Waals surface area contributed by atoms with Crippen molar-refractivity contribution >= 4 is 51.0 Å². The maximum absolute atomic E-state index is 12.2. The second-order valence-electron chi connectivity index (χ2n) is 6.29. The number of amides is 2. The molecule has 0 aliphatic rings. The molecular weight excluding hydrogens is 394 g/mol. The molecule has 8 heteroatoms. The first-order chi connectivity index (χ1) is 13.5. The SMILES string of the molecule is CSCCC(NC(=O)Nc1ccc(-c2nc3ccccc3s2)cc1C)C(=O)O. The standard InChI is InChI=1S/C20H21N3O3S2/c1-12-11-13(18-21-15-5-3-4-6-17(15)28-18)7-8-14(12)22-20(26)23-16(19(24)25)9-10-27-2/h3-8,11,16H,9-10H2,1-2H3,(H,24,25)(H2,22,23,26). The summed E-state index contributed by atoms with van der Waals surface area (Å²) in [6.07, 6.45) is 2.27. The summed E-state index contributed by atoms with van der Waals surface area (Å²) in [6, 6.07) is 12.2. The van der Waals surface area contributed by atoms with Crippen molar-refractivity contribution in [2.24, 2.45) is 0 Å². The van der Waals surface area contributed by atoms with E-state index < -0.39 is 18.0 Å². The Morgan fingerprint density at radius 1 is 1.25 bits per heavy atom. The number of thioether (sulfide) groups is 1. The molecule has 1 heterocycles. The summed E-state index contributed by atoms with van der Waals surface area (Å²) in [4.78, 5) is 28.1. The highest BCUT2D eigenvalue weighted by Crippen LogP contribution is 2.31. The minimum absolute atomic E-state index is 0.374. The van der Waals surface area contributed by atoms with E-state index in [2.05, 4.69) is 15.6 Å². The van der Waals surface area contributed by atoms with Gasteiger partial charge in [-0.05, 0) is 61.2 Å². The van der Waals surface area contributed by atoms with Gasteiger partial charge >= 0.3 is 12.0 Å². The lowest BCUT2D eigenvalue weighted by Gasteiger charge is -2.15. The molecule has 0 bridgehead atoms. The third-order valence-electron chi connectivity index (χ3n) is 4.23. The van der Waals surface area contributed by atoms with E-state index in [9.17, 15) is 14.7 Å². The van der Waals surface area contributed by atoms with E-state index in [0.29, 0.717) is 17.9 Å². The zero-order valence-corrected chi connectivity index (χ0v) is 17.2. The summed E-state index contributed by atoms with van der Waals surface area (Å²) in [6.45, 7) is 1.90. The third-order valence-corrected chi connectivity index (χ3v) is 5.96. The van der Waals surface area contributed by atoms with Gasteiger partial charge in [-0.3, -0.25) is 0 Å². The van der Waals surface area contributed by atoms with Crippen molar-refractivity contribution in [2.75, 3.05) is 17.3 Å². The monoisotopic (exact) mass is 415 g/mol. The number of rotatable bonds is 7. The van der Waals surface area contributed by atoms with Crippen LogP contribution in [0.5, 0.6) is 0 Å². The number of carboxylic acid groups (broad SMARTS) is 1. The summed E-state index contributed by atoms with van der Waals surface area (Å²) in [5.74, 6) is -0.375. The molecule has 3 aromatic rings. The average molecular weight is 416 g/mol. The highest BCUT2D eigenvalue weighted by molar-refractivity contribution is 7.98. The minimum Gasteiger partial charge on any atom is -0.480 e. The number of benzene rings is 2. The van der Waals surface area contributed by atoms with Crippen molar-refractivity contribution in [1.29, 1.82) is 0 Å². The number of carboxylic acids is 1. The van der Waals surface area contributed by atoms with Crippen molar-refractivity contribution in [2.45, 2.75) is 19.4 Å². The molecule has 28 heavy (non-hydrogen) atoms. The molecule has 2 amide bonds. The molecule has 1 aromatic heterocycles. The normalized spacial score (nSPS) is 11.9. The van der Waals surface area contributed by atoms with E-state index in [1.807, 2.05) is 55.6 Å². The summed E-state index contributed by atoms with van der Waals surface area (Å²) in [5.41, 5.74) is 3.46. The number of para-hydroxylation sites is 1. The molecule has 0 saturated heterocycles. The first-order valence-corrected chi connectivity index (χ1v) is 10.9. The summed E-state index contributed by atoms with van der Waals surface area (Å²) < 4.78 is 1.13. The predicted molar refractivity (Wildman–Crippen MR) is 116 cm³/mol. The van der Waals surface area contributed by atoms with Gasteiger partial charge in [0.1, 0.15) is 11.0 Å². The van der Waals surface area contributed by atoms with Gasteiger partial charge in [0.25, 0.3) is 0 Å². The molecule has 0 aliphatic heterocycles.